The summed E-state index contributed by atoms with van der Waals surface area (Å²) in [7, 11) is 0. The number of para-hydroxylation sites is 1. The number of hydrogen-bond acceptors (Lipinski definition) is 5. The molecule has 3 fully saturated rings. The van der Waals surface area contributed by atoms with Crippen molar-refractivity contribution in [3.63, 3.8) is 0 Å². The highest BCUT2D eigenvalue weighted by Gasteiger charge is 2.76. The molecule has 3 amide bonds. The summed E-state index contributed by atoms with van der Waals surface area (Å²) in [5, 5.41) is 9.56. The molecule has 3 heterocycles. The molecule has 39 heavy (non-hydrogen) atoms. The zero-order valence-corrected chi connectivity index (χ0v) is 25.5. The normalized spacial score (nSPS) is 28.9. The highest BCUT2D eigenvalue weighted by atomic mass is 79.9. The van der Waals surface area contributed by atoms with Gasteiger partial charge in [0.25, 0.3) is 5.91 Å². The van der Waals surface area contributed by atoms with E-state index in [9.17, 15) is 19.5 Å². The van der Waals surface area contributed by atoms with Gasteiger partial charge in [0, 0.05) is 48.6 Å². The van der Waals surface area contributed by atoms with E-state index in [1.807, 2.05) is 39.0 Å². The maximum absolute atomic E-state index is 14.7. The van der Waals surface area contributed by atoms with Crippen molar-refractivity contribution in [2.24, 2.45) is 11.8 Å². The van der Waals surface area contributed by atoms with Crippen LogP contribution >= 0.6 is 27.7 Å². The third-order valence-corrected chi connectivity index (χ3v) is 11.5. The number of aliphatic hydroxyl groups excluding tert-OH is 1. The zero-order chi connectivity index (χ0) is 28.5. The molecule has 3 aliphatic rings. The average Bonchev–Trinajstić information content (AvgIpc) is 3.49. The van der Waals surface area contributed by atoms with Gasteiger partial charge in [-0.3, -0.25) is 14.4 Å². The van der Waals surface area contributed by atoms with Crippen LogP contribution in [0.4, 0.5) is 5.69 Å². The lowest BCUT2D eigenvalue weighted by atomic mass is 9.70. The fourth-order valence-corrected chi connectivity index (χ4v) is 10.5. The third kappa shape index (κ3) is 4.99. The van der Waals surface area contributed by atoms with Crippen molar-refractivity contribution in [1.82, 2.24) is 9.80 Å². The number of thioether (sulfide) groups is 1. The number of halogens is 1. The second-order valence-electron chi connectivity index (χ2n) is 10.8. The lowest BCUT2D eigenvalue weighted by molar-refractivity contribution is -0.143. The lowest BCUT2D eigenvalue weighted by Crippen LogP contribution is -2.56. The van der Waals surface area contributed by atoms with E-state index in [4.69, 9.17) is 0 Å². The fourth-order valence-electron chi connectivity index (χ4n) is 6.90. The van der Waals surface area contributed by atoms with Crippen LogP contribution in [-0.2, 0) is 14.4 Å². The van der Waals surface area contributed by atoms with Crippen LogP contribution in [0.1, 0.15) is 37.3 Å². The Morgan fingerprint density at radius 3 is 2.46 bits per heavy atom. The van der Waals surface area contributed by atoms with Crippen LogP contribution in [0, 0.1) is 25.7 Å². The van der Waals surface area contributed by atoms with E-state index < -0.39 is 22.6 Å². The Labute approximate surface area is 244 Å². The molecular weight excluding hydrogens is 578 g/mol. The van der Waals surface area contributed by atoms with Crippen molar-refractivity contribution < 1.29 is 19.5 Å². The number of nitrogens with zero attached hydrogens (tertiary/aromatic N) is 3. The highest BCUT2D eigenvalue weighted by Crippen LogP contribution is 2.68. The van der Waals surface area contributed by atoms with E-state index >= 15 is 0 Å². The van der Waals surface area contributed by atoms with Gasteiger partial charge in [0.05, 0.1) is 16.6 Å². The van der Waals surface area contributed by atoms with Gasteiger partial charge in [0.15, 0.2) is 0 Å². The Morgan fingerprint density at radius 2 is 1.87 bits per heavy atom. The van der Waals surface area contributed by atoms with Crippen molar-refractivity contribution in [3.05, 3.63) is 54.6 Å². The van der Waals surface area contributed by atoms with E-state index in [0.717, 1.165) is 23.2 Å². The SMILES string of the molecule is C=CCN(CCC)C(=O)[C@H]1[C@H]2C(=O)N(CCCO)C(C(=O)N(CC=C)c3c(C)cccc3C)C23CC(Br)[C@@H]1S3. The van der Waals surface area contributed by atoms with Crippen LogP contribution in [0.5, 0.6) is 0 Å². The molecule has 3 unspecified atom stereocenters. The minimum Gasteiger partial charge on any atom is -0.396 e. The summed E-state index contributed by atoms with van der Waals surface area (Å²) in [6.45, 7) is 15.2. The number of benzene rings is 1. The van der Waals surface area contributed by atoms with Crippen LogP contribution in [-0.4, -0.2) is 86.3 Å². The molecule has 1 aromatic carbocycles. The molecule has 0 radical (unpaired) electrons. The Hall–Kier alpha value is -2.10. The van der Waals surface area contributed by atoms with Gasteiger partial charge in [-0.15, -0.1) is 24.9 Å². The predicted molar refractivity (Wildman–Crippen MR) is 161 cm³/mol. The molecule has 3 saturated heterocycles. The van der Waals surface area contributed by atoms with E-state index in [2.05, 4.69) is 29.1 Å². The monoisotopic (exact) mass is 617 g/mol. The van der Waals surface area contributed by atoms with Crippen molar-refractivity contribution in [3.8, 4) is 0 Å². The molecule has 1 spiro atoms. The predicted octanol–water partition coefficient (Wildman–Crippen LogP) is 4.09. The molecule has 1 aromatic rings. The number of likely N-dealkylation sites (tertiary alicyclic amines) is 1. The first-order chi connectivity index (χ1) is 18.7. The Morgan fingerprint density at radius 1 is 1.21 bits per heavy atom. The zero-order valence-electron chi connectivity index (χ0n) is 23.1. The van der Waals surface area contributed by atoms with Gasteiger partial charge in [0.1, 0.15) is 6.04 Å². The molecular formula is C30H40BrN3O4S. The molecule has 7 nitrogen and oxygen atoms in total. The van der Waals surface area contributed by atoms with E-state index in [-0.39, 0.29) is 41.0 Å². The van der Waals surface area contributed by atoms with Gasteiger partial charge in [-0.25, -0.2) is 0 Å². The van der Waals surface area contributed by atoms with E-state index in [1.165, 1.54) is 0 Å². The van der Waals surface area contributed by atoms with Crippen LogP contribution in [0.3, 0.4) is 0 Å². The number of amides is 3. The number of rotatable bonds is 12. The number of alkyl halides is 1. The summed E-state index contributed by atoms with van der Waals surface area (Å²) < 4.78 is -0.731. The first kappa shape index (κ1) is 29.9. The third-order valence-electron chi connectivity index (χ3n) is 8.31. The summed E-state index contributed by atoms with van der Waals surface area (Å²) in [5.74, 6) is -1.45. The smallest absolute Gasteiger partial charge is 0.251 e. The molecule has 9 heteroatoms. The van der Waals surface area contributed by atoms with Gasteiger partial charge >= 0.3 is 0 Å². The number of aryl methyl sites for hydroxylation is 2. The van der Waals surface area contributed by atoms with Crippen molar-refractivity contribution in [1.29, 1.82) is 0 Å². The summed E-state index contributed by atoms with van der Waals surface area (Å²) in [6, 6.07) is 5.19. The Balaban J connectivity index is 1.81. The number of fused-ring (bicyclic) bond motifs is 1. The Bertz CT molecular complexity index is 1120. The molecule has 4 rings (SSSR count). The summed E-state index contributed by atoms with van der Waals surface area (Å²) in [6.07, 6.45) is 5.24. The Kier molecular flexibility index (Phi) is 9.33. The van der Waals surface area contributed by atoms with Gasteiger partial charge in [-0.1, -0.05) is 53.2 Å². The molecule has 3 aliphatic heterocycles. The van der Waals surface area contributed by atoms with Crippen LogP contribution in [0.2, 0.25) is 0 Å². The fraction of sp³-hybridized carbons (Fsp3) is 0.567. The number of hydrogen-bond donors (Lipinski definition) is 1. The molecule has 0 aliphatic carbocycles. The second-order valence-corrected chi connectivity index (χ2v) is 13.5. The van der Waals surface area contributed by atoms with Gasteiger partial charge in [-0.2, -0.15) is 0 Å². The minimum atomic E-state index is -0.743. The van der Waals surface area contributed by atoms with Crippen molar-refractivity contribution >= 4 is 51.1 Å². The quantitative estimate of drug-likeness (QED) is 0.282. The summed E-state index contributed by atoms with van der Waals surface area (Å²) >= 11 is 5.49. The van der Waals surface area contributed by atoms with Gasteiger partial charge in [0.2, 0.25) is 11.8 Å². The molecule has 0 aromatic heterocycles. The number of carbonyl (C=O) groups excluding carboxylic acids is 3. The van der Waals surface area contributed by atoms with Crippen LogP contribution < -0.4 is 4.90 Å². The largest absolute Gasteiger partial charge is 0.396 e. The highest BCUT2D eigenvalue weighted by molar-refractivity contribution is 9.09. The summed E-state index contributed by atoms with van der Waals surface area (Å²) in [4.78, 5) is 48.2. The van der Waals surface area contributed by atoms with E-state index in [0.29, 0.717) is 32.5 Å². The molecule has 6 atom stereocenters. The van der Waals surface area contributed by atoms with Gasteiger partial charge in [-0.05, 0) is 44.2 Å². The summed E-state index contributed by atoms with van der Waals surface area (Å²) in [5.41, 5.74) is 2.78. The average molecular weight is 619 g/mol. The van der Waals surface area contributed by atoms with Crippen LogP contribution in [0.15, 0.2) is 43.5 Å². The standard InChI is InChI=1S/C30H40BrN3O4S/c1-6-13-32(14-7-2)27(36)22-23-28(37)34(16-10-17-35)26(30(23)18-21(31)25(22)39-30)29(38)33(15-8-3)24-19(4)11-9-12-20(24)5/h6,8-9,11-12,21-23,25-26,35H,1,3,7,10,13-18H2,2,4-5H3/t21?,22-,23-,25-,26?,30?/m0/s1. The molecule has 1 N–H and O–H groups in total. The number of carbonyl (C=O) groups is 3. The molecule has 212 valence electrons. The molecule has 2 bridgehead atoms. The number of anilines is 1. The maximum Gasteiger partial charge on any atom is 0.251 e. The topological polar surface area (TPSA) is 81.2 Å². The first-order valence-corrected chi connectivity index (χ1v) is 15.6. The lowest BCUT2D eigenvalue weighted by Gasteiger charge is -2.39. The molecule has 0 saturated carbocycles. The van der Waals surface area contributed by atoms with E-state index in [1.54, 1.807) is 38.6 Å². The van der Waals surface area contributed by atoms with Crippen molar-refractivity contribution in [2.75, 3.05) is 37.7 Å². The maximum atomic E-state index is 14.7. The van der Waals surface area contributed by atoms with Crippen molar-refractivity contribution in [2.45, 2.75) is 60.9 Å². The van der Waals surface area contributed by atoms with Gasteiger partial charge < -0.3 is 19.8 Å². The van der Waals surface area contributed by atoms with Crippen LogP contribution in [0.25, 0.3) is 0 Å². The second kappa shape index (κ2) is 12.2. The number of aliphatic hydroxyl groups is 1. The first-order valence-electron chi connectivity index (χ1n) is 13.8. The minimum absolute atomic E-state index is 0.00820.